The first-order valence-corrected chi connectivity index (χ1v) is 12.3. The molecule has 0 N–H and O–H groups in total. The number of ether oxygens (including phenoxy) is 2. The maximum absolute atomic E-state index is 12.5. The van der Waals surface area contributed by atoms with E-state index in [-0.39, 0.29) is 0 Å². The molecule has 38 heavy (non-hydrogen) atoms. The summed E-state index contributed by atoms with van der Waals surface area (Å²) in [5.74, 6) is -0.426. The van der Waals surface area contributed by atoms with E-state index >= 15 is 0 Å². The van der Waals surface area contributed by atoms with Crippen molar-refractivity contribution in [1.82, 2.24) is 14.5 Å². The first-order chi connectivity index (χ1) is 18.5. The third-order valence-corrected chi connectivity index (χ3v) is 6.34. The number of methoxy groups -OCH3 is 1. The zero-order chi connectivity index (χ0) is 26.6. The van der Waals surface area contributed by atoms with Gasteiger partial charge in [0.15, 0.2) is 5.69 Å². The van der Waals surface area contributed by atoms with Crippen LogP contribution in [0.5, 0.6) is 6.01 Å². The van der Waals surface area contributed by atoms with Crippen LogP contribution in [-0.4, -0.2) is 34.2 Å². The number of hydrogen-bond donors (Lipinski definition) is 0. The number of pyridine rings is 1. The highest BCUT2D eigenvalue weighted by Crippen LogP contribution is 2.35. The number of hydrogen-bond acceptors (Lipinski definition) is 5. The molecule has 2 heterocycles. The minimum absolute atomic E-state index is 0.426. The Hall–Kier alpha value is -4.96. The minimum atomic E-state index is -0.426. The predicted octanol–water partition coefficient (Wildman–Crippen LogP) is 6.86. The number of nitrogens with zero attached hydrogens (tertiary/aromatic N) is 4. The molecule has 0 atom stereocenters. The highest BCUT2D eigenvalue weighted by Gasteiger charge is 2.20. The second kappa shape index (κ2) is 10.6. The summed E-state index contributed by atoms with van der Waals surface area (Å²) in [4.78, 5) is 25.4. The molecule has 5 rings (SSSR count). The zero-order valence-corrected chi connectivity index (χ0v) is 21.4. The highest BCUT2D eigenvalue weighted by atomic mass is 16.5. The number of carbonyl (C=O) groups is 1. The van der Waals surface area contributed by atoms with Crippen molar-refractivity contribution in [3.05, 3.63) is 107 Å². The van der Waals surface area contributed by atoms with Crippen molar-refractivity contribution in [3.8, 4) is 28.4 Å². The van der Waals surface area contributed by atoms with Crippen LogP contribution in [0.25, 0.3) is 38.3 Å². The number of rotatable bonds is 7. The Morgan fingerprint density at radius 1 is 1.03 bits per heavy atom. The van der Waals surface area contributed by atoms with Crippen LogP contribution in [0.3, 0.4) is 0 Å². The van der Waals surface area contributed by atoms with E-state index in [4.69, 9.17) is 16.0 Å². The molecule has 3 aromatic carbocycles. The van der Waals surface area contributed by atoms with E-state index in [0.717, 1.165) is 33.5 Å². The van der Waals surface area contributed by atoms with Gasteiger partial charge in [-0.15, -0.1) is 0 Å². The smallest absolute Gasteiger partial charge is 0.340 e. The molecule has 5 aromatic rings. The van der Waals surface area contributed by atoms with Gasteiger partial charge in [-0.2, -0.15) is 4.98 Å². The average Bonchev–Trinajstić information content (AvgIpc) is 3.30. The Kier molecular flexibility index (Phi) is 6.88. The van der Waals surface area contributed by atoms with Gasteiger partial charge in [0.1, 0.15) is 0 Å². The molecule has 0 unspecified atom stereocenters. The number of para-hydroxylation sites is 1. The number of fused-ring (bicyclic) bond motifs is 1. The fourth-order valence-corrected chi connectivity index (χ4v) is 4.46. The van der Waals surface area contributed by atoms with Gasteiger partial charge in [-0.1, -0.05) is 54.6 Å². The molecule has 0 bridgehead atoms. The summed E-state index contributed by atoms with van der Waals surface area (Å²) in [6.45, 7) is 12.5. The number of benzene rings is 3. The molecule has 0 fully saturated rings. The van der Waals surface area contributed by atoms with Gasteiger partial charge in [-0.05, 0) is 59.9 Å². The lowest BCUT2D eigenvalue weighted by atomic mass is 9.98. The molecule has 0 amide bonds. The lowest BCUT2D eigenvalue weighted by molar-refractivity contribution is 0.0602. The molecule has 0 aliphatic rings. The molecule has 0 aliphatic carbocycles. The second-order valence-electron chi connectivity index (χ2n) is 8.84. The maximum Gasteiger partial charge on any atom is 0.340 e. The molecular weight excluding hydrogens is 476 g/mol. The van der Waals surface area contributed by atoms with Crippen LogP contribution in [0.1, 0.15) is 28.4 Å². The van der Waals surface area contributed by atoms with Crippen molar-refractivity contribution >= 4 is 22.7 Å². The average molecular weight is 503 g/mol. The summed E-state index contributed by atoms with van der Waals surface area (Å²) >= 11 is 0. The molecule has 7 nitrogen and oxygen atoms in total. The lowest BCUT2D eigenvalue weighted by Gasteiger charge is -2.12. The van der Waals surface area contributed by atoms with Crippen LogP contribution < -0.4 is 4.74 Å². The van der Waals surface area contributed by atoms with Crippen LogP contribution >= 0.6 is 0 Å². The van der Waals surface area contributed by atoms with Crippen molar-refractivity contribution in [2.24, 2.45) is 0 Å². The van der Waals surface area contributed by atoms with E-state index in [0.29, 0.717) is 41.4 Å². The van der Waals surface area contributed by atoms with Gasteiger partial charge in [0.2, 0.25) is 0 Å². The van der Waals surface area contributed by atoms with E-state index in [1.165, 1.54) is 7.11 Å². The van der Waals surface area contributed by atoms with Gasteiger partial charge >= 0.3 is 5.97 Å². The molecule has 188 valence electrons. The quantitative estimate of drug-likeness (QED) is 0.180. The maximum atomic E-state index is 12.5. The van der Waals surface area contributed by atoms with E-state index in [1.807, 2.05) is 85.3 Å². The molecule has 0 aliphatic heterocycles. The first kappa shape index (κ1) is 24.7. The summed E-state index contributed by atoms with van der Waals surface area (Å²) in [6.07, 6.45) is 1.84. The monoisotopic (exact) mass is 502 g/mol. The second-order valence-corrected chi connectivity index (χ2v) is 8.84. The van der Waals surface area contributed by atoms with Crippen LogP contribution in [0.2, 0.25) is 0 Å². The van der Waals surface area contributed by atoms with Crippen LogP contribution in [-0.2, 0) is 11.3 Å². The summed E-state index contributed by atoms with van der Waals surface area (Å²) < 4.78 is 12.7. The molecular formula is C31H26N4O3. The Bertz CT molecular complexity index is 1660. The van der Waals surface area contributed by atoms with E-state index in [1.54, 1.807) is 12.1 Å². The number of aromatic nitrogens is 3. The van der Waals surface area contributed by atoms with Gasteiger partial charge in [0.05, 0.1) is 49.1 Å². The van der Waals surface area contributed by atoms with E-state index in [2.05, 4.69) is 14.8 Å². The fourth-order valence-electron chi connectivity index (χ4n) is 4.46. The zero-order valence-electron chi connectivity index (χ0n) is 21.4. The van der Waals surface area contributed by atoms with E-state index in [9.17, 15) is 4.79 Å². The molecule has 0 spiro atoms. The van der Waals surface area contributed by atoms with Gasteiger partial charge < -0.3 is 9.47 Å². The van der Waals surface area contributed by atoms with Crippen molar-refractivity contribution < 1.29 is 14.3 Å². The van der Waals surface area contributed by atoms with Crippen molar-refractivity contribution in [1.29, 1.82) is 0 Å². The SMILES string of the molecule is [C-]#[N+]c1ccc(-c2ccc(C)cn2)cc1-c1ccc(Cn2c(OCC)nc3cccc(C(=O)OC)c32)cc1. The Morgan fingerprint density at radius 2 is 1.82 bits per heavy atom. The summed E-state index contributed by atoms with van der Waals surface area (Å²) in [6, 6.07) is 23.7. The van der Waals surface area contributed by atoms with Crippen LogP contribution in [0.15, 0.2) is 79.0 Å². The van der Waals surface area contributed by atoms with Crippen molar-refractivity contribution in [2.75, 3.05) is 13.7 Å². The largest absolute Gasteiger partial charge is 0.465 e. The summed E-state index contributed by atoms with van der Waals surface area (Å²) in [7, 11) is 1.37. The first-order valence-electron chi connectivity index (χ1n) is 12.3. The standard InChI is InChI=1S/C31H26N4O3/c1-5-38-31-34-28-8-6-7-24(30(36)37-4)29(28)35(31)19-21-10-12-22(13-11-21)25-17-23(14-16-27(25)32-3)26-15-9-20(2)18-33-26/h6-18H,5,19H2,1-2,4H3. The van der Waals surface area contributed by atoms with E-state index < -0.39 is 5.97 Å². The topological polar surface area (TPSA) is 70.6 Å². The van der Waals surface area contributed by atoms with Gasteiger partial charge in [-0.25, -0.2) is 9.64 Å². The lowest BCUT2D eigenvalue weighted by Crippen LogP contribution is -2.09. The molecule has 0 saturated carbocycles. The van der Waals surface area contributed by atoms with Crippen LogP contribution in [0.4, 0.5) is 5.69 Å². The van der Waals surface area contributed by atoms with Gasteiger partial charge in [0.25, 0.3) is 6.01 Å². The number of aryl methyl sites for hydroxylation is 1. The van der Waals surface area contributed by atoms with Gasteiger partial charge in [0, 0.05) is 6.20 Å². The molecule has 7 heteroatoms. The van der Waals surface area contributed by atoms with Crippen molar-refractivity contribution in [3.63, 3.8) is 0 Å². The Balaban J connectivity index is 1.52. The number of carbonyl (C=O) groups excluding carboxylic acids is 1. The summed E-state index contributed by atoms with van der Waals surface area (Å²) in [5.41, 5.74) is 8.04. The Labute approximate surface area is 221 Å². The molecule has 0 radical (unpaired) electrons. The number of esters is 1. The summed E-state index contributed by atoms with van der Waals surface area (Å²) in [5, 5.41) is 0. The number of imidazole rings is 1. The van der Waals surface area contributed by atoms with Gasteiger partial charge in [-0.3, -0.25) is 9.55 Å². The fraction of sp³-hybridized carbons (Fsp3) is 0.161. The normalized spacial score (nSPS) is 10.8. The third kappa shape index (κ3) is 4.72. The minimum Gasteiger partial charge on any atom is -0.465 e. The third-order valence-electron chi connectivity index (χ3n) is 6.34. The van der Waals surface area contributed by atoms with Crippen molar-refractivity contribution in [2.45, 2.75) is 20.4 Å². The molecule has 0 saturated heterocycles. The molecule has 2 aromatic heterocycles. The van der Waals surface area contributed by atoms with Crippen LogP contribution in [0, 0.1) is 13.5 Å². The Morgan fingerprint density at radius 3 is 2.50 bits per heavy atom. The highest BCUT2D eigenvalue weighted by molar-refractivity contribution is 6.02. The predicted molar refractivity (Wildman–Crippen MR) is 147 cm³/mol.